The highest BCUT2D eigenvalue weighted by Crippen LogP contribution is 2.49. The molecule has 0 aromatic heterocycles. The number of fused-ring (bicyclic) bond motifs is 3. The van der Waals surface area contributed by atoms with E-state index in [2.05, 4.69) is 5.32 Å². The van der Waals surface area contributed by atoms with E-state index < -0.39 is 79.0 Å². The van der Waals surface area contributed by atoms with Crippen LogP contribution in [-0.2, 0) is 4.79 Å². The molecule has 2 atom stereocenters. The lowest BCUT2D eigenvalue weighted by molar-refractivity contribution is -0.115. The second kappa shape index (κ2) is 7.34. The summed E-state index contributed by atoms with van der Waals surface area (Å²) in [5.41, 5.74) is 1.15. The van der Waals surface area contributed by atoms with Crippen molar-refractivity contribution in [2.45, 2.75) is 31.7 Å². The van der Waals surface area contributed by atoms with Gasteiger partial charge in [-0.15, -0.1) is 0 Å². The van der Waals surface area contributed by atoms with Crippen LogP contribution in [0.5, 0.6) is 5.75 Å². The van der Waals surface area contributed by atoms with E-state index in [1.807, 2.05) is 0 Å². The van der Waals surface area contributed by atoms with Crippen LogP contribution in [0.3, 0.4) is 0 Å². The summed E-state index contributed by atoms with van der Waals surface area (Å²) in [4.78, 5) is 15.0. The average molecular weight is 407 g/mol. The molecule has 2 aromatic rings. The highest BCUT2D eigenvalue weighted by molar-refractivity contribution is 6.03. The molecule has 0 unspecified atom stereocenters. The Bertz CT molecular complexity index is 1390. The molecule has 152 valence electrons. The molecule has 0 saturated carbocycles. The van der Waals surface area contributed by atoms with Crippen molar-refractivity contribution in [2.24, 2.45) is 0 Å². The average Bonchev–Trinajstić information content (AvgIpc) is 3.23. The standard InChI is InChI=1S/C23H26FN3O2/c1-15-12-16(6-7-19(15)24)29-11-3-9-26-10-8-21-18(13-26)17-4-2-5-20-23(17)27(21)14-22(28)25-20/h2,4-7,12,18,21H,3,8-11,13-14H2,1H3,(H,25,28)/t18-,21-/m0/s1/i3D2,6D,7D,9D2,11D2,12D,14D2. The molecule has 5 rings (SSSR count). The zero-order chi connectivity index (χ0) is 29.7. The van der Waals surface area contributed by atoms with E-state index in [-0.39, 0.29) is 19.5 Å². The van der Waals surface area contributed by atoms with Crippen molar-refractivity contribution >= 4 is 17.3 Å². The molecule has 0 radical (unpaired) electrons. The Morgan fingerprint density at radius 2 is 2.34 bits per heavy atom. The molecule has 2 aromatic carbocycles. The van der Waals surface area contributed by atoms with E-state index in [0.717, 1.165) is 11.8 Å². The fourth-order valence-corrected chi connectivity index (χ4v) is 4.14. The minimum Gasteiger partial charge on any atom is -0.494 e. The van der Waals surface area contributed by atoms with E-state index in [9.17, 15) is 9.18 Å². The second-order valence-corrected chi connectivity index (χ2v) is 7.17. The number of rotatable bonds is 5. The molecule has 0 spiro atoms. The lowest BCUT2D eigenvalue weighted by atomic mass is 9.89. The first-order chi connectivity index (χ1) is 18.4. The van der Waals surface area contributed by atoms with Gasteiger partial charge in [0.15, 0.2) is 0 Å². The van der Waals surface area contributed by atoms with Gasteiger partial charge in [0.25, 0.3) is 0 Å². The molecule has 5 nitrogen and oxygen atoms in total. The van der Waals surface area contributed by atoms with Gasteiger partial charge in [0.05, 0.1) is 34.0 Å². The zero-order valence-electron chi connectivity index (χ0n) is 26.6. The van der Waals surface area contributed by atoms with Gasteiger partial charge in [0.2, 0.25) is 5.91 Å². The largest absolute Gasteiger partial charge is 0.494 e. The monoisotopic (exact) mass is 406 g/mol. The number of nitrogens with one attached hydrogen (secondary N) is 1. The van der Waals surface area contributed by atoms with Crippen LogP contribution in [0.25, 0.3) is 0 Å². The van der Waals surface area contributed by atoms with Crippen molar-refractivity contribution in [2.75, 3.05) is 42.9 Å². The number of hydrogen-bond donors (Lipinski definition) is 1. The number of halogens is 1. The molecule has 6 heteroatoms. The third-order valence-corrected chi connectivity index (χ3v) is 5.42. The maximum Gasteiger partial charge on any atom is 0.243 e. The maximum absolute atomic E-state index is 14.1. The highest BCUT2D eigenvalue weighted by atomic mass is 19.1. The number of likely N-dealkylation sites (tertiary alicyclic amines) is 1. The SMILES string of the molecule is [2H]c1c([2H])c(OC([2H])([2H])C([2H])([2H])C([2H])([2H])N2CC[C@H]3[C@@H](C2)c2cccc4c2N3C([2H])([2H])C(=O)N4)c([2H])c(C)c1F. The van der Waals surface area contributed by atoms with Gasteiger partial charge in [-0.05, 0) is 55.0 Å². The van der Waals surface area contributed by atoms with Gasteiger partial charge in [0, 0.05) is 37.0 Å². The third-order valence-electron chi connectivity index (χ3n) is 5.42. The highest BCUT2D eigenvalue weighted by Gasteiger charge is 2.44. The van der Waals surface area contributed by atoms with E-state index in [0.29, 0.717) is 16.9 Å². The quantitative estimate of drug-likeness (QED) is 0.825. The first kappa shape index (κ1) is 9.94. The summed E-state index contributed by atoms with van der Waals surface area (Å²) >= 11 is 0. The summed E-state index contributed by atoms with van der Waals surface area (Å²) in [7, 11) is 0. The molecule has 1 fully saturated rings. The molecule has 1 amide bonds. The Morgan fingerprint density at radius 1 is 1.45 bits per heavy atom. The minimum absolute atomic E-state index is 0.110. The van der Waals surface area contributed by atoms with Crippen LogP contribution in [0.2, 0.25) is 0 Å². The number of carbonyl (C=O) groups excluding carboxylic acids is 1. The number of anilines is 2. The van der Waals surface area contributed by atoms with Gasteiger partial charge in [-0.25, -0.2) is 4.39 Å². The van der Waals surface area contributed by atoms with E-state index >= 15 is 0 Å². The Labute approximate surface area is 185 Å². The summed E-state index contributed by atoms with van der Waals surface area (Å²) in [6.07, 6.45) is -3.28. The van der Waals surface area contributed by atoms with Crippen LogP contribution in [0.15, 0.2) is 36.3 Å². The summed E-state index contributed by atoms with van der Waals surface area (Å²) in [6.45, 7) is -7.98. The molecule has 3 aliphatic rings. The Hall–Kier alpha value is -2.60. The van der Waals surface area contributed by atoms with Gasteiger partial charge in [-0.2, -0.15) is 0 Å². The van der Waals surface area contributed by atoms with Crippen molar-refractivity contribution in [1.29, 1.82) is 0 Å². The lowest BCUT2D eigenvalue weighted by Gasteiger charge is -2.39. The van der Waals surface area contributed by atoms with Gasteiger partial charge >= 0.3 is 0 Å². The molecule has 3 heterocycles. The topological polar surface area (TPSA) is 44.8 Å². The second-order valence-electron chi connectivity index (χ2n) is 7.17. The Morgan fingerprint density at radius 3 is 3.24 bits per heavy atom. The molecular weight excluding hydrogens is 369 g/mol. The normalized spacial score (nSPS) is 31.6. The van der Waals surface area contributed by atoms with Gasteiger partial charge in [-0.3, -0.25) is 4.79 Å². The number of hydrogen-bond acceptors (Lipinski definition) is 4. The number of nitrogens with zero attached hydrogens (tertiary/aromatic N) is 2. The number of carbonyl (C=O) groups is 1. The van der Waals surface area contributed by atoms with Crippen molar-refractivity contribution in [3.63, 3.8) is 0 Å². The fourth-order valence-electron chi connectivity index (χ4n) is 4.14. The van der Waals surface area contributed by atoms with Gasteiger partial charge in [-0.1, -0.05) is 12.1 Å². The smallest absolute Gasteiger partial charge is 0.243 e. The van der Waals surface area contributed by atoms with Gasteiger partial charge < -0.3 is 19.9 Å². The van der Waals surface area contributed by atoms with Crippen molar-refractivity contribution in [3.05, 3.63) is 53.3 Å². The van der Waals surface area contributed by atoms with Crippen LogP contribution in [0.4, 0.5) is 15.8 Å². The van der Waals surface area contributed by atoms with Crippen molar-refractivity contribution < 1.29 is 29.0 Å². The van der Waals surface area contributed by atoms with Crippen LogP contribution in [0.1, 0.15) is 44.9 Å². The number of piperidine rings is 1. The molecule has 0 bridgehead atoms. The van der Waals surface area contributed by atoms with Crippen LogP contribution >= 0.6 is 0 Å². The zero-order valence-corrected chi connectivity index (χ0v) is 15.6. The van der Waals surface area contributed by atoms with E-state index in [1.54, 1.807) is 18.2 Å². The summed E-state index contributed by atoms with van der Waals surface area (Å²) < 4.78 is 111. The number of benzene rings is 2. The predicted molar refractivity (Wildman–Crippen MR) is 111 cm³/mol. The minimum atomic E-state index is -3.47. The Balaban J connectivity index is 1.47. The summed E-state index contributed by atoms with van der Waals surface area (Å²) in [5, 5.41) is 2.56. The van der Waals surface area contributed by atoms with E-state index in [4.69, 9.17) is 19.8 Å². The summed E-state index contributed by atoms with van der Waals surface area (Å²) in [5.74, 6) is -3.40. The first-order valence-corrected chi connectivity index (χ1v) is 9.30. The first-order valence-electron chi connectivity index (χ1n) is 14.8. The van der Waals surface area contributed by atoms with Crippen molar-refractivity contribution in [3.8, 4) is 5.75 Å². The van der Waals surface area contributed by atoms with Crippen molar-refractivity contribution in [1.82, 2.24) is 4.90 Å². The fraction of sp³-hybridized carbons (Fsp3) is 0.435. The predicted octanol–water partition coefficient (Wildman–Crippen LogP) is 3.53. The molecule has 1 saturated heterocycles. The van der Waals surface area contributed by atoms with Crippen LogP contribution < -0.4 is 15.0 Å². The molecule has 3 aliphatic heterocycles. The third kappa shape index (κ3) is 3.35. The molecule has 29 heavy (non-hydrogen) atoms. The van der Waals surface area contributed by atoms with Crippen LogP contribution in [0, 0.1) is 12.7 Å². The molecule has 1 N–H and O–H groups in total. The summed E-state index contributed by atoms with van der Waals surface area (Å²) in [6, 6.07) is 1.85. The maximum atomic E-state index is 14.1. The van der Waals surface area contributed by atoms with Crippen LogP contribution in [-0.4, -0.2) is 49.5 Å². The van der Waals surface area contributed by atoms with Gasteiger partial charge in [0.1, 0.15) is 11.6 Å². The lowest BCUT2D eigenvalue weighted by Crippen LogP contribution is -2.49. The number of ether oxygens (including phenoxy) is 1. The number of para-hydroxylation sites is 1. The van der Waals surface area contributed by atoms with E-state index in [1.165, 1.54) is 4.90 Å². The molecule has 0 aliphatic carbocycles. The molecular formula is C23H26FN3O2. The number of amides is 1. The Kier molecular flexibility index (Phi) is 2.51.